The molecule has 30 heavy (non-hydrogen) atoms. The van der Waals surface area contributed by atoms with Gasteiger partial charge in [-0.15, -0.1) is 0 Å². The first kappa shape index (κ1) is 23.5. The van der Waals surface area contributed by atoms with Gasteiger partial charge in [0.25, 0.3) is 0 Å². The molecule has 2 amide bonds. The maximum Gasteiger partial charge on any atom is 0.242 e. The molecule has 0 spiro atoms. The Bertz CT molecular complexity index is 836. The molecule has 0 aliphatic heterocycles. The van der Waals surface area contributed by atoms with E-state index >= 15 is 0 Å². The Hall–Kier alpha value is -2.82. The van der Waals surface area contributed by atoms with Crippen LogP contribution in [0, 0.1) is 0 Å². The molecule has 0 radical (unpaired) electrons. The Kier molecular flexibility index (Phi) is 8.04. The fraction of sp³-hybridized carbons (Fsp3) is 0.440. The number of methoxy groups -OCH3 is 1. The van der Waals surface area contributed by atoms with E-state index in [1.165, 1.54) is 5.56 Å². The van der Waals surface area contributed by atoms with Gasteiger partial charge in [-0.25, -0.2) is 0 Å². The number of benzene rings is 2. The number of nitrogens with one attached hydrogen (secondary N) is 1. The van der Waals surface area contributed by atoms with Crippen LogP contribution < -0.4 is 10.1 Å². The van der Waals surface area contributed by atoms with Gasteiger partial charge in [0.15, 0.2) is 0 Å². The van der Waals surface area contributed by atoms with Crippen molar-refractivity contribution in [1.82, 2.24) is 10.2 Å². The highest BCUT2D eigenvalue weighted by Crippen LogP contribution is 2.23. The van der Waals surface area contributed by atoms with Gasteiger partial charge >= 0.3 is 0 Å². The quantitative estimate of drug-likeness (QED) is 0.713. The number of aryl methyl sites for hydroxylation is 1. The molecule has 0 aromatic heterocycles. The molecule has 0 bridgehead atoms. The molecule has 0 saturated heterocycles. The Morgan fingerprint density at radius 1 is 1.00 bits per heavy atom. The third kappa shape index (κ3) is 6.34. The van der Waals surface area contributed by atoms with E-state index in [1.54, 1.807) is 26.0 Å². The summed E-state index contributed by atoms with van der Waals surface area (Å²) >= 11 is 0. The van der Waals surface area contributed by atoms with Crippen molar-refractivity contribution >= 4 is 11.8 Å². The molecule has 0 heterocycles. The zero-order valence-electron chi connectivity index (χ0n) is 19.0. The summed E-state index contributed by atoms with van der Waals surface area (Å²) in [5, 5.41) is 2.65. The largest absolute Gasteiger partial charge is 0.497 e. The Morgan fingerprint density at radius 3 is 2.07 bits per heavy atom. The van der Waals surface area contributed by atoms with Crippen molar-refractivity contribution in [3.63, 3.8) is 0 Å². The molecule has 2 aromatic carbocycles. The van der Waals surface area contributed by atoms with Crippen LogP contribution in [-0.2, 0) is 28.0 Å². The second kappa shape index (κ2) is 10.3. The molecule has 1 atom stereocenters. The standard InChI is InChI=1S/C25H34N2O3/c1-18(24(29)26-5)27(17-20-9-14-22(30-6)15-10-20)23(28)16-11-19-7-12-21(13-8-19)25(2,3)4/h7-10,12-15,18H,11,16-17H2,1-6H3,(H,26,29)/t18-/m0/s1. The Morgan fingerprint density at radius 2 is 1.57 bits per heavy atom. The van der Waals surface area contributed by atoms with Crippen LogP contribution >= 0.6 is 0 Å². The van der Waals surface area contributed by atoms with Crippen molar-refractivity contribution in [2.75, 3.05) is 14.2 Å². The lowest BCUT2D eigenvalue weighted by molar-refractivity contribution is -0.140. The number of carbonyl (C=O) groups excluding carboxylic acids is 2. The number of nitrogens with zero attached hydrogens (tertiary/aromatic N) is 1. The van der Waals surface area contributed by atoms with Gasteiger partial charge in [-0.2, -0.15) is 0 Å². The summed E-state index contributed by atoms with van der Waals surface area (Å²) in [6.45, 7) is 8.69. The highest BCUT2D eigenvalue weighted by molar-refractivity contribution is 5.87. The predicted octanol–water partition coefficient (Wildman–Crippen LogP) is 4.09. The van der Waals surface area contributed by atoms with Crippen LogP contribution in [0.15, 0.2) is 48.5 Å². The van der Waals surface area contributed by atoms with E-state index in [1.807, 2.05) is 24.3 Å². The van der Waals surface area contributed by atoms with Crippen molar-refractivity contribution in [3.05, 3.63) is 65.2 Å². The Labute approximate surface area is 180 Å². The number of hydrogen-bond donors (Lipinski definition) is 1. The normalized spacial score (nSPS) is 12.2. The molecule has 2 rings (SSSR count). The minimum absolute atomic E-state index is 0.0400. The van der Waals surface area contributed by atoms with Gasteiger partial charge in [0.05, 0.1) is 7.11 Å². The van der Waals surface area contributed by atoms with Crippen LogP contribution in [0.1, 0.15) is 50.8 Å². The molecule has 162 valence electrons. The first-order valence-corrected chi connectivity index (χ1v) is 10.4. The van der Waals surface area contributed by atoms with Crippen molar-refractivity contribution < 1.29 is 14.3 Å². The molecule has 0 saturated carbocycles. The zero-order valence-corrected chi connectivity index (χ0v) is 19.0. The minimum Gasteiger partial charge on any atom is -0.497 e. The number of amides is 2. The lowest BCUT2D eigenvalue weighted by Crippen LogP contribution is -2.46. The maximum atomic E-state index is 13.1. The number of hydrogen-bond acceptors (Lipinski definition) is 3. The molecule has 5 nitrogen and oxygen atoms in total. The highest BCUT2D eigenvalue weighted by Gasteiger charge is 2.25. The van der Waals surface area contributed by atoms with E-state index in [0.29, 0.717) is 19.4 Å². The fourth-order valence-corrected chi connectivity index (χ4v) is 3.29. The predicted molar refractivity (Wildman–Crippen MR) is 121 cm³/mol. The van der Waals surface area contributed by atoms with Gasteiger partial charge in [0, 0.05) is 20.0 Å². The van der Waals surface area contributed by atoms with Crippen molar-refractivity contribution in [3.8, 4) is 5.75 Å². The van der Waals surface area contributed by atoms with E-state index < -0.39 is 6.04 Å². The second-order valence-electron chi connectivity index (χ2n) is 8.61. The molecule has 1 N–H and O–H groups in total. The van der Waals surface area contributed by atoms with Crippen LogP contribution in [0.5, 0.6) is 5.75 Å². The van der Waals surface area contributed by atoms with Crippen LogP contribution in [0.2, 0.25) is 0 Å². The summed E-state index contributed by atoms with van der Waals surface area (Å²) in [4.78, 5) is 26.9. The minimum atomic E-state index is -0.548. The van der Waals surface area contributed by atoms with Crippen molar-refractivity contribution in [2.45, 2.75) is 58.5 Å². The van der Waals surface area contributed by atoms with Gasteiger partial charge in [-0.05, 0) is 47.6 Å². The van der Waals surface area contributed by atoms with Crippen LogP contribution in [0.4, 0.5) is 0 Å². The third-order valence-corrected chi connectivity index (χ3v) is 5.37. The average molecular weight is 411 g/mol. The van der Waals surface area contributed by atoms with E-state index in [0.717, 1.165) is 16.9 Å². The molecule has 0 fully saturated rings. The highest BCUT2D eigenvalue weighted by atomic mass is 16.5. The lowest BCUT2D eigenvalue weighted by atomic mass is 9.86. The van der Waals surface area contributed by atoms with E-state index in [-0.39, 0.29) is 17.2 Å². The van der Waals surface area contributed by atoms with Gasteiger partial charge in [0.2, 0.25) is 11.8 Å². The Balaban J connectivity index is 2.10. The van der Waals surface area contributed by atoms with Gasteiger partial charge < -0.3 is 15.0 Å². The second-order valence-corrected chi connectivity index (χ2v) is 8.61. The maximum absolute atomic E-state index is 13.1. The third-order valence-electron chi connectivity index (χ3n) is 5.37. The summed E-state index contributed by atoms with van der Waals surface area (Å²) in [6.07, 6.45) is 0.995. The molecular formula is C25H34N2O3. The lowest BCUT2D eigenvalue weighted by Gasteiger charge is -2.28. The average Bonchev–Trinajstić information content (AvgIpc) is 2.74. The van der Waals surface area contributed by atoms with Crippen LogP contribution in [0.3, 0.4) is 0 Å². The molecule has 0 aliphatic rings. The van der Waals surface area contributed by atoms with Gasteiger partial charge in [0.1, 0.15) is 11.8 Å². The first-order chi connectivity index (χ1) is 14.2. The molecule has 2 aromatic rings. The number of likely N-dealkylation sites (N-methyl/N-ethyl adjacent to an activating group) is 1. The number of carbonyl (C=O) groups is 2. The summed E-state index contributed by atoms with van der Waals surface area (Å²) in [6, 6.07) is 15.4. The van der Waals surface area contributed by atoms with Crippen molar-refractivity contribution in [1.29, 1.82) is 0 Å². The van der Waals surface area contributed by atoms with Gasteiger partial charge in [-0.3, -0.25) is 9.59 Å². The molecule has 0 unspecified atom stereocenters. The zero-order chi connectivity index (χ0) is 22.3. The number of rotatable bonds is 8. The first-order valence-electron chi connectivity index (χ1n) is 10.4. The van der Waals surface area contributed by atoms with Gasteiger partial charge in [-0.1, -0.05) is 57.2 Å². The monoisotopic (exact) mass is 410 g/mol. The smallest absolute Gasteiger partial charge is 0.242 e. The molecule has 0 aliphatic carbocycles. The summed E-state index contributed by atoms with van der Waals surface area (Å²) in [7, 11) is 3.21. The summed E-state index contributed by atoms with van der Waals surface area (Å²) in [5.41, 5.74) is 3.45. The van der Waals surface area contributed by atoms with Crippen LogP contribution in [-0.4, -0.2) is 36.9 Å². The van der Waals surface area contributed by atoms with E-state index in [4.69, 9.17) is 4.74 Å². The summed E-state index contributed by atoms with van der Waals surface area (Å²) < 4.78 is 5.20. The topological polar surface area (TPSA) is 58.6 Å². The SMILES string of the molecule is CNC(=O)[C@H](C)N(Cc1ccc(OC)cc1)C(=O)CCc1ccc(C(C)(C)C)cc1. The molecular weight excluding hydrogens is 376 g/mol. The number of ether oxygens (including phenoxy) is 1. The van der Waals surface area contributed by atoms with E-state index in [9.17, 15) is 9.59 Å². The summed E-state index contributed by atoms with van der Waals surface area (Å²) in [5.74, 6) is 0.544. The fourth-order valence-electron chi connectivity index (χ4n) is 3.29. The van der Waals surface area contributed by atoms with E-state index in [2.05, 4.69) is 50.4 Å². The van der Waals surface area contributed by atoms with Crippen LogP contribution in [0.25, 0.3) is 0 Å². The van der Waals surface area contributed by atoms with Crippen molar-refractivity contribution in [2.24, 2.45) is 0 Å². The molecule has 5 heteroatoms.